The van der Waals surface area contributed by atoms with E-state index in [-0.39, 0.29) is 0 Å². The molecule has 0 radical (unpaired) electrons. The molecule has 16 heavy (non-hydrogen) atoms. The third-order valence-corrected chi connectivity index (χ3v) is 4.74. The van der Waals surface area contributed by atoms with Crippen LogP contribution in [0, 0.1) is 17.3 Å². The zero-order valence-electron chi connectivity index (χ0n) is 10.3. The lowest BCUT2D eigenvalue weighted by molar-refractivity contribution is 0.416. The molecule has 3 aliphatic rings. The van der Waals surface area contributed by atoms with Crippen LogP contribution in [0.5, 0.6) is 0 Å². The first kappa shape index (κ1) is 10.4. The number of unbranched alkanes of at least 4 members (excludes halogenated alkanes) is 2. The monoisotopic (exact) mass is 214 g/mol. The molecule has 3 rings (SSSR count). The van der Waals surface area contributed by atoms with Crippen LogP contribution in [0.3, 0.4) is 0 Å². The molecule has 3 atom stereocenters. The molecule has 86 valence electrons. The molecule has 1 spiro atoms. The Kier molecular flexibility index (Phi) is 2.53. The van der Waals surface area contributed by atoms with Gasteiger partial charge in [-0.2, -0.15) is 0 Å². The molecule has 1 fully saturated rings. The van der Waals surface area contributed by atoms with Gasteiger partial charge in [0.25, 0.3) is 0 Å². The van der Waals surface area contributed by atoms with Gasteiger partial charge >= 0.3 is 0 Å². The summed E-state index contributed by atoms with van der Waals surface area (Å²) < 4.78 is 0. The molecular formula is C16H22. The normalized spacial score (nSPS) is 38.9. The molecule has 3 aliphatic carbocycles. The molecule has 0 aromatic heterocycles. The first-order valence-electron chi connectivity index (χ1n) is 6.92. The van der Waals surface area contributed by atoms with Crippen LogP contribution in [-0.2, 0) is 0 Å². The highest BCUT2D eigenvalue weighted by Crippen LogP contribution is 2.59. The molecule has 0 amide bonds. The van der Waals surface area contributed by atoms with Crippen molar-refractivity contribution < 1.29 is 0 Å². The van der Waals surface area contributed by atoms with Crippen molar-refractivity contribution in [2.45, 2.75) is 45.4 Å². The fraction of sp³-hybridized carbons (Fsp3) is 0.625. The fourth-order valence-electron chi connectivity index (χ4n) is 3.88. The number of hydrogen-bond acceptors (Lipinski definition) is 0. The predicted octanol–water partition coefficient (Wildman–Crippen LogP) is 4.65. The van der Waals surface area contributed by atoms with Crippen LogP contribution in [0.1, 0.15) is 45.4 Å². The minimum atomic E-state index is 0.445. The summed E-state index contributed by atoms with van der Waals surface area (Å²) in [5, 5.41) is 0. The van der Waals surface area contributed by atoms with E-state index in [1.54, 1.807) is 5.57 Å². The van der Waals surface area contributed by atoms with E-state index in [4.69, 9.17) is 0 Å². The number of fused-ring (bicyclic) bond motifs is 1. The van der Waals surface area contributed by atoms with E-state index in [9.17, 15) is 0 Å². The summed E-state index contributed by atoms with van der Waals surface area (Å²) in [4.78, 5) is 0. The fourth-order valence-corrected chi connectivity index (χ4v) is 3.88. The summed E-state index contributed by atoms with van der Waals surface area (Å²) in [5.41, 5.74) is 2.23. The Morgan fingerprint density at radius 1 is 1.31 bits per heavy atom. The first-order chi connectivity index (χ1) is 7.84. The minimum absolute atomic E-state index is 0.445. The number of rotatable bonds is 4. The Morgan fingerprint density at radius 2 is 2.25 bits per heavy atom. The number of hydrogen-bond donors (Lipinski definition) is 0. The Morgan fingerprint density at radius 3 is 3.12 bits per heavy atom. The van der Waals surface area contributed by atoms with Gasteiger partial charge in [0.1, 0.15) is 0 Å². The van der Waals surface area contributed by atoms with Crippen LogP contribution >= 0.6 is 0 Å². The summed E-state index contributed by atoms with van der Waals surface area (Å²) in [6.07, 6.45) is 20.3. The maximum absolute atomic E-state index is 2.63. The third-order valence-electron chi connectivity index (χ3n) is 4.74. The highest BCUT2D eigenvalue weighted by molar-refractivity contribution is 5.37. The highest BCUT2D eigenvalue weighted by Gasteiger charge is 2.49. The minimum Gasteiger partial charge on any atom is -0.0802 e. The van der Waals surface area contributed by atoms with Crippen molar-refractivity contribution in [2.75, 3.05) is 0 Å². The van der Waals surface area contributed by atoms with Gasteiger partial charge in [0.15, 0.2) is 0 Å². The van der Waals surface area contributed by atoms with Crippen molar-refractivity contribution >= 4 is 0 Å². The van der Waals surface area contributed by atoms with Crippen molar-refractivity contribution in [3.05, 3.63) is 36.0 Å². The van der Waals surface area contributed by atoms with E-state index in [0.29, 0.717) is 5.41 Å². The van der Waals surface area contributed by atoms with E-state index in [0.717, 1.165) is 11.8 Å². The Hall–Kier alpha value is -0.780. The van der Waals surface area contributed by atoms with Gasteiger partial charge in [0.05, 0.1) is 0 Å². The second-order valence-electron chi connectivity index (χ2n) is 5.78. The molecule has 0 aromatic carbocycles. The SMILES string of the molecule is CCCCCC1=CC23C=CC=CC2CC1C3. The van der Waals surface area contributed by atoms with Gasteiger partial charge in [-0.1, -0.05) is 55.7 Å². The van der Waals surface area contributed by atoms with Crippen LogP contribution in [-0.4, -0.2) is 0 Å². The van der Waals surface area contributed by atoms with Crippen LogP contribution in [0.2, 0.25) is 0 Å². The molecule has 0 aliphatic heterocycles. The van der Waals surface area contributed by atoms with E-state index in [1.165, 1.54) is 38.5 Å². The van der Waals surface area contributed by atoms with Gasteiger partial charge < -0.3 is 0 Å². The average molecular weight is 214 g/mol. The molecular weight excluding hydrogens is 192 g/mol. The van der Waals surface area contributed by atoms with Crippen LogP contribution < -0.4 is 0 Å². The van der Waals surface area contributed by atoms with Gasteiger partial charge in [-0.25, -0.2) is 0 Å². The predicted molar refractivity (Wildman–Crippen MR) is 69.2 cm³/mol. The van der Waals surface area contributed by atoms with E-state index < -0.39 is 0 Å². The van der Waals surface area contributed by atoms with Crippen molar-refractivity contribution in [3.63, 3.8) is 0 Å². The summed E-state index contributed by atoms with van der Waals surface area (Å²) in [6.45, 7) is 2.29. The van der Waals surface area contributed by atoms with Crippen LogP contribution in [0.4, 0.5) is 0 Å². The topological polar surface area (TPSA) is 0 Å². The Labute approximate surface area is 99.1 Å². The molecule has 1 saturated carbocycles. The summed E-state index contributed by atoms with van der Waals surface area (Å²) in [6, 6.07) is 0. The molecule has 0 N–H and O–H groups in total. The maximum Gasteiger partial charge on any atom is 0.0135 e. The van der Waals surface area contributed by atoms with Crippen LogP contribution in [0.15, 0.2) is 36.0 Å². The van der Waals surface area contributed by atoms with Gasteiger partial charge in [0, 0.05) is 5.41 Å². The largest absolute Gasteiger partial charge is 0.0802 e. The molecule has 0 nitrogen and oxygen atoms in total. The number of allylic oxidation sites excluding steroid dienone is 6. The van der Waals surface area contributed by atoms with Crippen LogP contribution in [0.25, 0.3) is 0 Å². The zero-order chi connectivity index (χ0) is 11.0. The maximum atomic E-state index is 2.63. The average Bonchev–Trinajstić information content (AvgIpc) is 2.82. The van der Waals surface area contributed by atoms with Crippen molar-refractivity contribution in [3.8, 4) is 0 Å². The Bertz CT molecular complexity index is 358. The molecule has 0 heterocycles. The Balaban J connectivity index is 1.73. The van der Waals surface area contributed by atoms with Gasteiger partial charge in [0.2, 0.25) is 0 Å². The molecule has 2 bridgehead atoms. The lowest BCUT2D eigenvalue weighted by Gasteiger charge is -2.30. The smallest absolute Gasteiger partial charge is 0.0135 e. The van der Waals surface area contributed by atoms with Gasteiger partial charge in [-0.3, -0.25) is 0 Å². The second-order valence-corrected chi connectivity index (χ2v) is 5.78. The molecule has 0 aromatic rings. The van der Waals surface area contributed by atoms with E-state index >= 15 is 0 Å². The molecule has 0 saturated heterocycles. The quantitative estimate of drug-likeness (QED) is 0.472. The summed E-state index contributed by atoms with van der Waals surface area (Å²) in [5.74, 6) is 1.73. The van der Waals surface area contributed by atoms with E-state index in [1.807, 2.05) is 0 Å². The van der Waals surface area contributed by atoms with Gasteiger partial charge in [-0.15, -0.1) is 0 Å². The van der Waals surface area contributed by atoms with Crippen molar-refractivity contribution in [1.82, 2.24) is 0 Å². The lowest BCUT2D eigenvalue weighted by Crippen LogP contribution is -2.20. The van der Waals surface area contributed by atoms with Gasteiger partial charge in [-0.05, 0) is 37.5 Å². The third kappa shape index (κ3) is 1.50. The molecule has 3 unspecified atom stereocenters. The highest BCUT2D eigenvalue weighted by atomic mass is 14.5. The molecule has 0 heteroatoms. The second kappa shape index (κ2) is 3.91. The summed E-state index contributed by atoms with van der Waals surface area (Å²) in [7, 11) is 0. The standard InChI is InChI=1S/C16H22/c1-2-3-4-7-13-11-16-9-6-5-8-15(16)10-14(13)12-16/h5-6,8-9,11,14-15H,2-4,7,10,12H2,1H3. The zero-order valence-corrected chi connectivity index (χ0v) is 10.3. The van der Waals surface area contributed by atoms with Crippen molar-refractivity contribution in [1.29, 1.82) is 0 Å². The first-order valence-corrected chi connectivity index (χ1v) is 6.92. The van der Waals surface area contributed by atoms with Crippen molar-refractivity contribution in [2.24, 2.45) is 17.3 Å². The lowest BCUT2D eigenvalue weighted by atomic mass is 9.74. The van der Waals surface area contributed by atoms with E-state index in [2.05, 4.69) is 37.3 Å². The summed E-state index contributed by atoms with van der Waals surface area (Å²) >= 11 is 0.